The summed E-state index contributed by atoms with van der Waals surface area (Å²) in [6.07, 6.45) is 9.19. The highest BCUT2D eigenvalue weighted by Gasteiger charge is 2.40. The lowest BCUT2D eigenvalue weighted by Crippen LogP contribution is -2.50. The number of benzene rings is 2. The summed E-state index contributed by atoms with van der Waals surface area (Å²) in [5.74, 6) is 1.55. The maximum Gasteiger partial charge on any atom is 0.405 e. The van der Waals surface area contributed by atoms with Gasteiger partial charge >= 0.3 is 6.09 Å². The molecule has 2 aliphatic rings. The summed E-state index contributed by atoms with van der Waals surface area (Å²) in [5, 5.41) is 15.8. The average molecular weight is 554 g/mol. The molecular weight excluding hydrogens is 526 g/mol. The first kappa shape index (κ1) is 24.4. The fraction of sp³-hybridized carbons (Fsp3) is 0.152. The zero-order valence-corrected chi connectivity index (χ0v) is 22.9. The molecule has 5 heterocycles. The van der Waals surface area contributed by atoms with E-state index in [9.17, 15) is 9.90 Å². The molecule has 1 amide bonds. The topological polar surface area (TPSA) is 109 Å². The Hall–Kier alpha value is -5.44. The summed E-state index contributed by atoms with van der Waals surface area (Å²) in [5.41, 5.74) is 8.93. The third-order valence-corrected chi connectivity index (χ3v) is 8.58. The van der Waals surface area contributed by atoms with Crippen LogP contribution in [0.3, 0.4) is 0 Å². The summed E-state index contributed by atoms with van der Waals surface area (Å²) in [6, 6.07) is 22.5. The Morgan fingerprint density at radius 3 is 2.62 bits per heavy atom. The van der Waals surface area contributed by atoms with E-state index in [-0.39, 0.29) is 0 Å². The fourth-order valence-electron chi connectivity index (χ4n) is 6.35. The van der Waals surface area contributed by atoms with E-state index >= 15 is 0 Å². The van der Waals surface area contributed by atoms with Gasteiger partial charge in [0, 0.05) is 41.5 Å². The molecule has 2 aromatic carbocycles. The molecule has 1 saturated carbocycles. The predicted molar refractivity (Wildman–Crippen MR) is 161 cm³/mol. The summed E-state index contributed by atoms with van der Waals surface area (Å²) in [4.78, 5) is 26.1. The van der Waals surface area contributed by atoms with E-state index in [0.717, 1.165) is 87.1 Å². The van der Waals surface area contributed by atoms with Crippen LogP contribution in [0.25, 0.3) is 45.2 Å². The molecule has 0 radical (unpaired) electrons. The molecule has 4 aromatic heterocycles. The van der Waals surface area contributed by atoms with Crippen molar-refractivity contribution in [1.29, 1.82) is 0 Å². The molecule has 42 heavy (non-hydrogen) atoms. The number of anilines is 2. The van der Waals surface area contributed by atoms with Crippen LogP contribution in [-0.2, 0) is 5.54 Å². The molecule has 9 heteroatoms. The monoisotopic (exact) mass is 553 g/mol. The molecule has 0 spiro atoms. The number of fused-ring (bicyclic) bond motifs is 6. The van der Waals surface area contributed by atoms with E-state index in [0.29, 0.717) is 0 Å². The van der Waals surface area contributed by atoms with Crippen LogP contribution in [-0.4, -0.2) is 35.1 Å². The molecule has 3 N–H and O–H groups in total. The minimum Gasteiger partial charge on any atom is -0.465 e. The van der Waals surface area contributed by atoms with Crippen molar-refractivity contribution in [2.75, 3.05) is 5.32 Å². The zero-order valence-electron chi connectivity index (χ0n) is 22.9. The highest BCUT2D eigenvalue weighted by Crippen LogP contribution is 2.46. The maximum absolute atomic E-state index is 11.6. The zero-order chi connectivity index (χ0) is 28.4. The third-order valence-electron chi connectivity index (χ3n) is 8.58. The molecule has 0 atom stereocenters. The largest absolute Gasteiger partial charge is 0.465 e. The maximum atomic E-state index is 11.6. The summed E-state index contributed by atoms with van der Waals surface area (Å²) in [6.45, 7) is 2.09. The normalized spacial score (nSPS) is 14.6. The second-order valence-corrected chi connectivity index (χ2v) is 11.0. The molecule has 0 unspecified atom stereocenters. The van der Waals surface area contributed by atoms with E-state index in [1.54, 1.807) is 12.4 Å². The van der Waals surface area contributed by atoms with Crippen molar-refractivity contribution in [2.24, 2.45) is 0 Å². The van der Waals surface area contributed by atoms with Crippen LogP contribution < -0.4 is 10.6 Å². The fourth-order valence-corrected chi connectivity index (χ4v) is 6.35. The number of nitrogens with one attached hydrogen (secondary N) is 2. The second kappa shape index (κ2) is 9.04. The highest BCUT2D eigenvalue weighted by molar-refractivity contribution is 5.91. The SMILES string of the molecule is Cc1cc2nccn2cc1-c1nc2n(c1-c1ccc(C3(NC(=O)O)CCC3)cc1)-c1cccnc1Nc1ccccc1-2. The van der Waals surface area contributed by atoms with E-state index in [1.807, 2.05) is 47.0 Å². The quantitative estimate of drug-likeness (QED) is 0.218. The first-order chi connectivity index (χ1) is 20.5. The van der Waals surface area contributed by atoms with Crippen LogP contribution in [0.4, 0.5) is 16.3 Å². The number of nitrogens with zero attached hydrogens (tertiary/aromatic N) is 5. The van der Waals surface area contributed by atoms with Gasteiger partial charge in [0.05, 0.1) is 28.3 Å². The van der Waals surface area contributed by atoms with Gasteiger partial charge in [-0.15, -0.1) is 0 Å². The Kier molecular flexibility index (Phi) is 5.24. The number of aryl methyl sites for hydroxylation is 1. The lowest BCUT2D eigenvalue weighted by molar-refractivity contribution is 0.144. The number of carbonyl (C=O) groups is 1. The van der Waals surface area contributed by atoms with Gasteiger partial charge < -0.3 is 20.1 Å². The van der Waals surface area contributed by atoms with Crippen molar-refractivity contribution in [3.63, 3.8) is 0 Å². The average Bonchev–Trinajstić information content (AvgIpc) is 3.56. The molecular formula is C33H27N7O2. The smallest absolute Gasteiger partial charge is 0.405 e. The van der Waals surface area contributed by atoms with Crippen LogP contribution in [0.1, 0.15) is 30.4 Å². The van der Waals surface area contributed by atoms with E-state index in [4.69, 9.17) is 9.97 Å². The van der Waals surface area contributed by atoms with Gasteiger partial charge in [-0.05, 0) is 67.6 Å². The molecule has 6 aromatic rings. The van der Waals surface area contributed by atoms with Gasteiger partial charge in [-0.3, -0.25) is 4.57 Å². The molecule has 1 fully saturated rings. The van der Waals surface area contributed by atoms with Gasteiger partial charge in [0.1, 0.15) is 11.5 Å². The van der Waals surface area contributed by atoms with Crippen LogP contribution in [0, 0.1) is 6.92 Å². The van der Waals surface area contributed by atoms with Gasteiger partial charge in [0.2, 0.25) is 0 Å². The van der Waals surface area contributed by atoms with Crippen LogP contribution in [0.15, 0.2) is 91.5 Å². The number of rotatable bonds is 4. The van der Waals surface area contributed by atoms with Gasteiger partial charge in [0.15, 0.2) is 5.82 Å². The van der Waals surface area contributed by atoms with Crippen LogP contribution in [0.2, 0.25) is 0 Å². The number of pyridine rings is 2. The highest BCUT2D eigenvalue weighted by atomic mass is 16.4. The third kappa shape index (κ3) is 3.63. The van der Waals surface area contributed by atoms with Gasteiger partial charge in [-0.2, -0.15) is 0 Å². The first-order valence-electron chi connectivity index (χ1n) is 14.0. The van der Waals surface area contributed by atoms with Crippen molar-refractivity contribution in [3.05, 3.63) is 103 Å². The summed E-state index contributed by atoms with van der Waals surface area (Å²) >= 11 is 0. The van der Waals surface area contributed by atoms with Gasteiger partial charge in [-0.1, -0.05) is 36.4 Å². The summed E-state index contributed by atoms with van der Waals surface area (Å²) < 4.78 is 4.21. The lowest BCUT2D eigenvalue weighted by atomic mass is 9.71. The van der Waals surface area contributed by atoms with Crippen molar-refractivity contribution in [1.82, 2.24) is 29.2 Å². The number of para-hydroxylation sites is 1. The number of aromatic nitrogens is 5. The minimum absolute atomic E-state index is 0.538. The Labute approximate surface area is 241 Å². The van der Waals surface area contributed by atoms with E-state index in [1.165, 1.54) is 0 Å². The number of carboxylic acid groups (broad SMARTS) is 1. The van der Waals surface area contributed by atoms with Gasteiger partial charge in [-0.25, -0.2) is 19.7 Å². The molecule has 0 bridgehead atoms. The Balaban J connectivity index is 1.41. The summed E-state index contributed by atoms with van der Waals surface area (Å²) in [7, 11) is 0. The first-order valence-corrected chi connectivity index (χ1v) is 14.0. The van der Waals surface area contributed by atoms with E-state index in [2.05, 4.69) is 63.6 Å². The van der Waals surface area contributed by atoms with Crippen LogP contribution in [0.5, 0.6) is 0 Å². The van der Waals surface area contributed by atoms with Crippen molar-refractivity contribution in [2.45, 2.75) is 31.7 Å². The predicted octanol–water partition coefficient (Wildman–Crippen LogP) is 6.93. The molecule has 206 valence electrons. The molecule has 1 aliphatic carbocycles. The Bertz CT molecular complexity index is 2020. The van der Waals surface area contributed by atoms with E-state index < -0.39 is 11.6 Å². The lowest BCUT2D eigenvalue weighted by Gasteiger charge is -2.42. The van der Waals surface area contributed by atoms with Crippen molar-refractivity contribution in [3.8, 4) is 39.6 Å². The molecule has 9 nitrogen and oxygen atoms in total. The number of imidazole rings is 2. The standard InChI is InChI=1S/C33H27N7O2/c1-20-18-27-34-16-17-39(27)19-24(20)28-29(21-9-11-22(12-10-21)33(13-5-14-33)38-32(41)42)40-26-8-4-15-35-30(26)36-25-7-3-2-6-23(25)31(40)37-28/h2-4,6-12,15-19,38H,5,13-14H2,1H3,(H,35,36)(H,41,42). The molecule has 0 saturated heterocycles. The second-order valence-electron chi connectivity index (χ2n) is 11.0. The van der Waals surface area contributed by atoms with Gasteiger partial charge in [0.25, 0.3) is 0 Å². The number of amides is 1. The number of hydrogen-bond donors (Lipinski definition) is 3. The van der Waals surface area contributed by atoms with Crippen LogP contribution >= 0.6 is 0 Å². The number of hydrogen-bond acceptors (Lipinski definition) is 5. The molecule has 1 aliphatic heterocycles. The van der Waals surface area contributed by atoms with Crippen molar-refractivity contribution < 1.29 is 9.90 Å². The Morgan fingerprint density at radius 2 is 1.83 bits per heavy atom. The van der Waals surface area contributed by atoms with Crippen molar-refractivity contribution >= 4 is 23.2 Å². The molecule has 8 rings (SSSR count). The minimum atomic E-state index is -0.997. The Morgan fingerprint density at radius 1 is 1.00 bits per heavy atom.